The summed E-state index contributed by atoms with van der Waals surface area (Å²) in [5, 5.41) is 13.1. The van der Waals surface area contributed by atoms with Crippen LogP contribution in [0.3, 0.4) is 0 Å². The van der Waals surface area contributed by atoms with E-state index >= 15 is 0 Å². The fraction of sp³-hybridized carbons (Fsp3) is 0.526. The maximum atomic E-state index is 12.3. The molecule has 0 bridgehead atoms. The SMILES string of the molecule is CC(C)(C)c1nnc(N2CCN(CC(=O)Nc3ccc(OC(F)(F)F)cc3)CC2)s1. The van der Waals surface area contributed by atoms with Crippen LogP contribution in [0.15, 0.2) is 24.3 Å². The van der Waals surface area contributed by atoms with E-state index < -0.39 is 6.36 Å². The maximum Gasteiger partial charge on any atom is 0.573 e. The van der Waals surface area contributed by atoms with Gasteiger partial charge in [0.05, 0.1) is 6.54 Å². The zero-order valence-electron chi connectivity index (χ0n) is 17.0. The molecule has 1 amide bonds. The molecule has 0 radical (unpaired) electrons. The molecule has 1 aliphatic heterocycles. The van der Waals surface area contributed by atoms with Crippen LogP contribution in [-0.2, 0) is 10.2 Å². The molecule has 1 aliphatic rings. The lowest BCUT2D eigenvalue weighted by atomic mass is 9.98. The van der Waals surface area contributed by atoms with Gasteiger partial charge in [-0.3, -0.25) is 9.69 Å². The van der Waals surface area contributed by atoms with E-state index in [1.54, 1.807) is 11.3 Å². The molecule has 3 rings (SSSR count). The minimum Gasteiger partial charge on any atom is -0.406 e. The second-order valence-electron chi connectivity index (χ2n) is 8.02. The lowest BCUT2D eigenvalue weighted by Gasteiger charge is -2.33. The third-order valence-corrected chi connectivity index (χ3v) is 5.85. The van der Waals surface area contributed by atoms with Crippen molar-refractivity contribution in [2.75, 3.05) is 42.9 Å². The highest BCUT2D eigenvalue weighted by atomic mass is 32.1. The highest BCUT2D eigenvalue weighted by molar-refractivity contribution is 7.15. The predicted octanol–water partition coefficient (Wildman–Crippen LogP) is 3.49. The van der Waals surface area contributed by atoms with E-state index in [0.717, 1.165) is 35.4 Å². The summed E-state index contributed by atoms with van der Waals surface area (Å²) in [7, 11) is 0. The Morgan fingerprint density at radius 1 is 1.10 bits per heavy atom. The van der Waals surface area contributed by atoms with Crippen LogP contribution >= 0.6 is 11.3 Å². The van der Waals surface area contributed by atoms with Crippen LogP contribution in [0.1, 0.15) is 25.8 Å². The van der Waals surface area contributed by atoms with Gasteiger partial charge in [0, 0.05) is 37.3 Å². The molecule has 2 aromatic rings. The number of alkyl halides is 3. The third-order valence-electron chi connectivity index (χ3n) is 4.44. The Morgan fingerprint density at radius 3 is 2.27 bits per heavy atom. The molecule has 1 aromatic carbocycles. The van der Waals surface area contributed by atoms with Gasteiger partial charge in [-0.1, -0.05) is 32.1 Å². The van der Waals surface area contributed by atoms with Gasteiger partial charge in [0.1, 0.15) is 10.8 Å². The minimum atomic E-state index is -4.74. The number of carbonyl (C=O) groups excluding carboxylic acids is 1. The predicted molar refractivity (Wildman–Crippen MR) is 109 cm³/mol. The molecule has 1 N–H and O–H groups in total. The number of anilines is 2. The van der Waals surface area contributed by atoms with Crippen molar-refractivity contribution in [3.05, 3.63) is 29.3 Å². The summed E-state index contributed by atoms with van der Waals surface area (Å²) in [6.45, 7) is 9.41. The first-order chi connectivity index (χ1) is 14.0. The van der Waals surface area contributed by atoms with Gasteiger partial charge in [0.25, 0.3) is 0 Å². The third kappa shape index (κ3) is 6.30. The number of nitrogens with zero attached hydrogens (tertiary/aromatic N) is 4. The zero-order chi connectivity index (χ0) is 21.9. The number of hydrogen-bond donors (Lipinski definition) is 1. The van der Waals surface area contributed by atoms with Crippen molar-refractivity contribution >= 4 is 28.1 Å². The van der Waals surface area contributed by atoms with Gasteiger partial charge in [-0.2, -0.15) is 0 Å². The van der Waals surface area contributed by atoms with Crippen LogP contribution in [0.2, 0.25) is 0 Å². The topological polar surface area (TPSA) is 70.6 Å². The fourth-order valence-corrected chi connectivity index (χ4v) is 3.84. The number of aromatic nitrogens is 2. The zero-order valence-corrected chi connectivity index (χ0v) is 17.8. The van der Waals surface area contributed by atoms with E-state index in [1.807, 2.05) is 4.90 Å². The van der Waals surface area contributed by atoms with E-state index in [1.165, 1.54) is 12.1 Å². The summed E-state index contributed by atoms with van der Waals surface area (Å²) in [6.07, 6.45) is -4.74. The molecule has 164 valence electrons. The summed E-state index contributed by atoms with van der Waals surface area (Å²) in [6, 6.07) is 5.07. The number of benzene rings is 1. The number of hydrogen-bond acceptors (Lipinski definition) is 7. The van der Waals surface area contributed by atoms with E-state index in [0.29, 0.717) is 18.8 Å². The number of halogens is 3. The average molecular weight is 443 g/mol. The van der Waals surface area contributed by atoms with Crippen LogP contribution in [0, 0.1) is 0 Å². The van der Waals surface area contributed by atoms with Crippen LogP contribution in [0.4, 0.5) is 24.0 Å². The molecule has 1 fully saturated rings. The smallest absolute Gasteiger partial charge is 0.406 e. The molecule has 1 aromatic heterocycles. The van der Waals surface area contributed by atoms with Gasteiger partial charge < -0.3 is 15.0 Å². The Morgan fingerprint density at radius 2 is 1.73 bits per heavy atom. The summed E-state index contributed by atoms with van der Waals surface area (Å²) < 4.78 is 40.4. The Labute approximate surface area is 176 Å². The first-order valence-corrected chi connectivity index (χ1v) is 10.3. The van der Waals surface area contributed by atoms with Crippen molar-refractivity contribution in [3.8, 4) is 5.75 Å². The molecular weight excluding hydrogens is 419 g/mol. The molecule has 1 saturated heterocycles. The average Bonchev–Trinajstić information content (AvgIpc) is 3.13. The lowest BCUT2D eigenvalue weighted by molar-refractivity contribution is -0.274. The monoisotopic (exact) mass is 443 g/mol. The summed E-state index contributed by atoms with van der Waals surface area (Å²) in [5.41, 5.74) is 0.379. The summed E-state index contributed by atoms with van der Waals surface area (Å²) in [4.78, 5) is 16.5. The van der Waals surface area contributed by atoms with Crippen molar-refractivity contribution in [3.63, 3.8) is 0 Å². The van der Waals surface area contributed by atoms with E-state index in [2.05, 4.69) is 45.9 Å². The van der Waals surface area contributed by atoms with Crippen LogP contribution < -0.4 is 15.0 Å². The second-order valence-corrected chi connectivity index (χ2v) is 8.98. The summed E-state index contributed by atoms with van der Waals surface area (Å²) in [5.74, 6) is -0.554. The number of carbonyl (C=O) groups is 1. The standard InChI is InChI=1S/C19H24F3N5O2S/c1-18(2,3)16-24-25-17(30-16)27-10-8-26(9-11-27)12-15(28)23-13-4-6-14(7-5-13)29-19(20,21)22/h4-7H,8-12H2,1-3H3,(H,23,28). The molecule has 0 spiro atoms. The first kappa shape index (κ1) is 22.3. The van der Waals surface area contributed by atoms with Crippen molar-refractivity contribution in [1.29, 1.82) is 0 Å². The number of piperazine rings is 1. The molecule has 30 heavy (non-hydrogen) atoms. The van der Waals surface area contributed by atoms with Gasteiger partial charge in [0.2, 0.25) is 11.0 Å². The van der Waals surface area contributed by atoms with Crippen LogP contribution in [0.5, 0.6) is 5.75 Å². The van der Waals surface area contributed by atoms with Gasteiger partial charge in [-0.05, 0) is 24.3 Å². The molecule has 0 unspecified atom stereocenters. The lowest BCUT2D eigenvalue weighted by Crippen LogP contribution is -2.48. The Balaban J connectivity index is 1.45. The molecule has 7 nitrogen and oxygen atoms in total. The molecule has 0 aliphatic carbocycles. The molecular formula is C19H24F3N5O2S. The van der Waals surface area contributed by atoms with E-state index in [-0.39, 0.29) is 23.6 Å². The van der Waals surface area contributed by atoms with Gasteiger partial charge >= 0.3 is 6.36 Å². The Kier molecular flexibility index (Phi) is 6.51. The van der Waals surface area contributed by atoms with Crippen molar-refractivity contribution in [2.24, 2.45) is 0 Å². The molecule has 0 atom stereocenters. The Hall–Kier alpha value is -2.40. The number of ether oxygens (including phenoxy) is 1. The summed E-state index contributed by atoms with van der Waals surface area (Å²) >= 11 is 1.59. The first-order valence-electron chi connectivity index (χ1n) is 9.46. The van der Waals surface area contributed by atoms with Crippen molar-refractivity contribution in [2.45, 2.75) is 32.5 Å². The number of rotatable bonds is 5. The van der Waals surface area contributed by atoms with E-state index in [4.69, 9.17) is 0 Å². The largest absolute Gasteiger partial charge is 0.573 e. The number of nitrogens with one attached hydrogen (secondary N) is 1. The van der Waals surface area contributed by atoms with Gasteiger partial charge in [0.15, 0.2) is 0 Å². The molecule has 0 saturated carbocycles. The van der Waals surface area contributed by atoms with Crippen LogP contribution in [0.25, 0.3) is 0 Å². The quantitative estimate of drug-likeness (QED) is 0.763. The number of amides is 1. The van der Waals surface area contributed by atoms with Crippen molar-refractivity contribution < 1.29 is 22.7 Å². The van der Waals surface area contributed by atoms with E-state index in [9.17, 15) is 18.0 Å². The van der Waals surface area contributed by atoms with Crippen LogP contribution in [-0.4, -0.2) is 60.1 Å². The van der Waals surface area contributed by atoms with Crippen molar-refractivity contribution in [1.82, 2.24) is 15.1 Å². The normalized spacial score (nSPS) is 15.9. The molecule has 2 heterocycles. The second kappa shape index (κ2) is 8.76. The highest BCUT2D eigenvalue weighted by Gasteiger charge is 2.31. The maximum absolute atomic E-state index is 12.3. The fourth-order valence-electron chi connectivity index (χ4n) is 2.89. The molecule has 11 heteroatoms. The van der Waals surface area contributed by atoms with Gasteiger partial charge in [-0.15, -0.1) is 23.4 Å². The van der Waals surface area contributed by atoms with Gasteiger partial charge in [-0.25, -0.2) is 0 Å². The Bertz CT molecular complexity index is 856. The highest BCUT2D eigenvalue weighted by Crippen LogP contribution is 2.30. The minimum absolute atomic E-state index is 0.0348.